The van der Waals surface area contributed by atoms with Gasteiger partial charge in [0, 0.05) is 5.56 Å². The van der Waals surface area contributed by atoms with E-state index < -0.39 is 11.8 Å². The summed E-state index contributed by atoms with van der Waals surface area (Å²) in [5.41, 5.74) is 4.98. The number of carbonyl (C=O) groups excluding carboxylic acids is 2. The van der Waals surface area contributed by atoms with Crippen molar-refractivity contribution >= 4 is 23.4 Å². The average Bonchev–Trinajstić information content (AvgIpc) is 2.45. The molecule has 0 heterocycles. The van der Waals surface area contributed by atoms with Crippen molar-refractivity contribution < 1.29 is 14.7 Å². The zero-order valence-electron chi connectivity index (χ0n) is 10.3. The van der Waals surface area contributed by atoms with Gasteiger partial charge in [-0.2, -0.15) is 0 Å². The summed E-state index contributed by atoms with van der Waals surface area (Å²) in [6.07, 6.45) is 0. The number of phenolic OH excluding ortho intramolecular Hbond substituents is 1. The third kappa shape index (κ3) is 3.27. The SMILES string of the molecule is O=C(NNC(=O)c1ccccc1Cl)c1cccc(O)c1. The van der Waals surface area contributed by atoms with E-state index in [-0.39, 0.29) is 21.9 Å². The van der Waals surface area contributed by atoms with Crippen molar-refractivity contribution in [3.8, 4) is 5.75 Å². The first kappa shape index (κ1) is 13.9. The van der Waals surface area contributed by atoms with Gasteiger partial charge in [0.2, 0.25) is 0 Å². The van der Waals surface area contributed by atoms with Crippen LogP contribution in [-0.2, 0) is 0 Å². The molecule has 0 aliphatic heterocycles. The molecule has 0 aromatic heterocycles. The number of amides is 2. The molecule has 2 aromatic rings. The molecule has 102 valence electrons. The number of aromatic hydroxyl groups is 1. The van der Waals surface area contributed by atoms with Crippen LogP contribution in [0.4, 0.5) is 0 Å². The summed E-state index contributed by atoms with van der Waals surface area (Å²) in [7, 11) is 0. The van der Waals surface area contributed by atoms with Gasteiger partial charge in [-0.15, -0.1) is 0 Å². The lowest BCUT2D eigenvalue weighted by atomic mass is 10.2. The fraction of sp³-hybridized carbons (Fsp3) is 0. The molecule has 20 heavy (non-hydrogen) atoms. The van der Waals surface area contributed by atoms with Crippen LogP contribution < -0.4 is 10.9 Å². The Bertz CT molecular complexity index is 658. The van der Waals surface area contributed by atoms with Gasteiger partial charge < -0.3 is 5.11 Å². The molecule has 0 saturated heterocycles. The Morgan fingerprint density at radius 3 is 2.35 bits per heavy atom. The predicted octanol–water partition coefficient (Wildman–Crippen LogP) is 2.12. The van der Waals surface area contributed by atoms with Crippen molar-refractivity contribution in [2.24, 2.45) is 0 Å². The van der Waals surface area contributed by atoms with Crippen LogP contribution in [0.5, 0.6) is 5.75 Å². The molecule has 0 unspecified atom stereocenters. The molecule has 2 amide bonds. The van der Waals surface area contributed by atoms with Gasteiger partial charge in [0.1, 0.15) is 5.75 Å². The first-order valence-corrected chi connectivity index (χ1v) is 6.10. The van der Waals surface area contributed by atoms with E-state index in [1.165, 1.54) is 30.3 Å². The first-order valence-electron chi connectivity index (χ1n) is 5.72. The second-order valence-electron chi connectivity index (χ2n) is 3.94. The summed E-state index contributed by atoms with van der Waals surface area (Å²) in [6, 6.07) is 12.3. The third-order valence-electron chi connectivity index (χ3n) is 2.52. The quantitative estimate of drug-likeness (QED) is 0.741. The Kier molecular flexibility index (Phi) is 4.22. The van der Waals surface area contributed by atoms with E-state index in [2.05, 4.69) is 10.9 Å². The predicted molar refractivity (Wildman–Crippen MR) is 74.5 cm³/mol. The van der Waals surface area contributed by atoms with Gasteiger partial charge in [-0.25, -0.2) is 0 Å². The fourth-order valence-corrected chi connectivity index (χ4v) is 1.77. The lowest BCUT2D eigenvalue weighted by Gasteiger charge is -2.08. The Hall–Kier alpha value is -2.53. The molecular formula is C14H11ClN2O3. The van der Waals surface area contributed by atoms with E-state index >= 15 is 0 Å². The van der Waals surface area contributed by atoms with Gasteiger partial charge in [-0.3, -0.25) is 20.4 Å². The molecule has 2 aromatic carbocycles. The highest BCUT2D eigenvalue weighted by Gasteiger charge is 2.11. The molecule has 0 saturated carbocycles. The average molecular weight is 291 g/mol. The fourth-order valence-electron chi connectivity index (χ4n) is 1.55. The van der Waals surface area contributed by atoms with Crippen molar-refractivity contribution in [2.75, 3.05) is 0 Å². The summed E-state index contributed by atoms with van der Waals surface area (Å²) in [6.45, 7) is 0. The van der Waals surface area contributed by atoms with E-state index in [1.807, 2.05) is 0 Å². The Labute approximate surface area is 120 Å². The molecule has 0 atom stereocenters. The molecule has 0 fully saturated rings. The molecule has 3 N–H and O–H groups in total. The van der Waals surface area contributed by atoms with E-state index in [0.29, 0.717) is 0 Å². The number of halogens is 1. The van der Waals surface area contributed by atoms with Crippen molar-refractivity contribution in [3.05, 3.63) is 64.7 Å². The smallest absolute Gasteiger partial charge is 0.271 e. The standard InChI is InChI=1S/C14H11ClN2O3/c15-12-7-2-1-6-11(12)14(20)17-16-13(19)9-4-3-5-10(18)8-9/h1-8,18H,(H,16,19)(H,17,20). The number of nitrogens with one attached hydrogen (secondary N) is 2. The van der Waals surface area contributed by atoms with E-state index in [9.17, 15) is 14.7 Å². The molecule has 0 bridgehead atoms. The van der Waals surface area contributed by atoms with Crippen LogP contribution in [0.2, 0.25) is 5.02 Å². The highest BCUT2D eigenvalue weighted by atomic mass is 35.5. The van der Waals surface area contributed by atoms with E-state index in [4.69, 9.17) is 11.6 Å². The van der Waals surface area contributed by atoms with E-state index in [0.717, 1.165) is 0 Å². The van der Waals surface area contributed by atoms with Crippen LogP contribution in [0.25, 0.3) is 0 Å². The highest BCUT2D eigenvalue weighted by Crippen LogP contribution is 2.14. The minimum Gasteiger partial charge on any atom is -0.508 e. The molecule has 0 spiro atoms. The second kappa shape index (κ2) is 6.08. The number of hydrogen-bond donors (Lipinski definition) is 3. The molecule has 0 aliphatic carbocycles. The minimum absolute atomic E-state index is 0.0323. The van der Waals surface area contributed by atoms with Crippen molar-refractivity contribution in [2.45, 2.75) is 0 Å². The van der Waals surface area contributed by atoms with Gasteiger partial charge in [-0.05, 0) is 30.3 Å². The molecular weight excluding hydrogens is 280 g/mol. The van der Waals surface area contributed by atoms with E-state index in [1.54, 1.807) is 18.2 Å². The van der Waals surface area contributed by atoms with Gasteiger partial charge in [0.05, 0.1) is 10.6 Å². The summed E-state index contributed by atoms with van der Waals surface area (Å²) >= 11 is 5.87. The number of hydrazine groups is 1. The topological polar surface area (TPSA) is 78.4 Å². The van der Waals surface area contributed by atoms with Gasteiger partial charge in [0.15, 0.2) is 0 Å². The summed E-state index contributed by atoms with van der Waals surface area (Å²) in [5, 5.41) is 9.56. The minimum atomic E-state index is -0.540. The van der Waals surface area contributed by atoms with Crippen molar-refractivity contribution in [1.29, 1.82) is 0 Å². The van der Waals surface area contributed by atoms with Crippen molar-refractivity contribution in [3.63, 3.8) is 0 Å². The number of benzene rings is 2. The lowest BCUT2D eigenvalue weighted by Crippen LogP contribution is -2.41. The van der Waals surface area contributed by atoms with Crippen LogP contribution in [0.15, 0.2) is 48.5 Å². The normalized spacial score (nSPS) is 9.85. The van der Waals surface area contributed by atoms with Crippen LogP contribution in [-0.4, -0.2) is 16.9 Å². The largest absolute Gasteiger partial charge is 0.508 e. The van der Waals surface area contributed by atoms with Crippen LogP contribution >= 0.6 is 11.6 Å². The second-order valence-corrected chi connectivity index (χ2v) is 4.35. The zero-order chi connectivity index (χ0) is 14.5. The third-order valence-corrected chi connectivity index (χ3v) is 2.85. The van der Waals surface area contributed by atoms with Gasteiger partial charge in [-0.1, -0.05) is 29.8 Å². The number of carbonyl (C=O) groups is 2. The molecule has 6 heteroatoms. The lowest BCUT2D eigenvalue weighted by molar-refractivity contribution is 0.0846. The maximum absolute atomic E-state index is 11.8. The molecule has 5 nitrogen and oxygen atoms in total. The summed E-state index contributed by atoms with van der Waals surface area (Å²) in [5.74, 6) is -1.10. The van der Waals surface area contributed by atoms with Gasteiger partial charge >= 0.3 is 0 Å². The Balaban J connectivity index is 2.01. The maximum Gasteiger partial charge on any atom is 0.271 e. The Morgan fingerprint density at radius 1 is 0.950 bits per heavy atom. The molecule has 0 aliphatic rings. The molecule has 2 rings (SSSR count). The van der Waals surface area contributed by atoms with Crippen LogP contribution in [0.1, 0.15) is 20.7 Å². The number of rotatable bonds is 2. The molecule has 0 radical (unpaired) electrons. The van der Waals surface area contributed by atoms with Crippen LogP contribution in [0.3, 0.4) is 0 Å². The number of phenols is 1. The van der Waals surface area contributed by atoms with Gasteiger partial charge in [0.25, 0.3) is 11.8 Å². The highest BCUT2D eigenvalue weighted by molar-refractivity contribution is 6.33. The Morgan fingerprint density at radius 2 is 1.65 bits per heavy atom. The van der Waals surface area contributed by atoms with Crippen molar-refractivity contribution in [1.82, 2.24) is 10.9 Å². The van der Waals surface area contributed by atoms with Crippen LogP contribution in [0, 0.1) is 0 Å². The zero-order valence-corrected chi connectivity index (χ0v) is 11.0. The first-order chi connectivity index (χ1) is 9.58. The maximum atomic E-state index is 11.8. The summed E-state index contributed by atoms with van der Waals surface area (Å²) < 4.78 is 0. The summed E-state index contributed by atoms with van der Waals surface area (Å²) in [4.78, 5) is 23.6. The number of hydrogen-bond acceptors (Lipinski definition) is 3. The monoisotopic (exact) mass is 290 g/mol.